The molecule has 0 radical (unpaired) electrons. The topological polar surface area (TPSA) is 116 Å². The van der Waals surface area contributed by atoms with E-state index in [-0.39, 0.29) is 17.1 Å². The highest BCUT2D eigenvalue weighted by molar-refractivity contribution is 7.89. The number of carbonyl (C=O) groups excluding carboxylic acids is 2. The van der Waals surface area contributed by atoms with Crippen LogP contribution in [-0.4, -0.2) is 32.9 Å². The van der Waals surface area contributed by atoms with E-state index in [1.54, 1.807) is 6.92 Å². The van der Waals surface area contributed by atoms with Gasteiger partial charge < -0.3 is 10.5 Å². The lowest BCUT2D eigenvalue weighted by Crippen LogP contribution is -2.42. The number of nitrogens with one attached hydrogen (secondary N) is 1. The molecule has 0 bridgehead atoms. The van der Waals surface area contributed by atoms with Crippen LogP contribution in [0.25, 0.3) is 0 Å². The monoisotopic (exact) mass is 300 g/mol. The van der Waals surface area contributed by atoms with Crippen molar-refractivity contribution in [1.82, 2.24) is 4.72 Å². The summed E-state index contributed by atoms with van der Waals surface area (Å²) in [4.78, 5) is 22.2. The first-order valence-electron chi connectivity index (χ1n) is 5.86. The number of ether oxygens (including phenoxy) is 1. The van der Waals surface area contributed by atoms with Crippen LogP contribution in [0, 0.1) is 0 Å². The molecule has 0 aliphatic heterocycles. The van der Waals surface area contributed by atoms with Crippen molar-refractivity contribution in [3.63, 3.8) is 0 Å². The number of benzene rings is 1. The van der Waals surface area contributed by atoms with Crippen LogP contribution >= 0.6 is 0 Å². The van der Waals surface area contributed by atoms with E-state index in [0.29, 0.717) is 0 Å². The minimum Gasteiger partial charge on any atom is -0.462 e. The van der Waals surface area contributed by atoms with Crippen LogP contribution in [0.2, 0.25) is 0 Å². The fourth-order valence-corrected chi connectivity index (χ4v) is 2.56. The molecule has 0 fully saturated rings. The molecule has 7 nitrogen and oxygen atoms in total. The molecule has 1 rings (SSSR count). The lowest BCUT2D eigenvalue weighted by Gasteiger charge is -2.11. The van der Waals surface area contributed by atoms with Crippen LogP contribution in [0.1, 0.15) is 24.2 Å². The third-order valence-electron chi connectivity index (χ3n) is 2.43. The van der Waals surface area contributed by atoms with E-state index in [1.807, 2.05) is 0 Å². The Kier molecular flexibility index (Phi) is 5.23. The SMILES string of the molecule is CCOC(=O)c1ccc(S(=O)(=O)N[C@@H](C)C(N)=O)cc1. The molecule has 1 aromatic rings. The van der Waals surface area contributed by atoms with Gasteiger partial charge in [0.2, 0.25) is 15.9 Å². The largest absolute Gasteiger partial charge is 0.462 e. The summed E-state index contributed by atoms with van der Waals surface area (Å²) >= 11 is 0. The van der Waals surface area contributed by atoms with Gasteiger partial charge in [-0.15, -0.1) is 0 Å². The van der Waals surface area contributed by atoms with Crippen molar-refractivity contribution in [2.75, 3.05) is 6.61 Å². The smallest absolute Gasteiger partial charge is 0.338 e. The molecule has 8 heteroatoms. The summed E-state index contributed by atoms with van der Waals surface area (Å²) in [5.41, 5.74) is 5.24. The average Bonchev–Trinajstić information content (AvgIpc) is 2.38. The van der Waals surface area contributed by atoms with Crippen LogP contribution in [0.15, 0.2) is 29.2 Å². The normalized spacial score (nSPS) is 12.7. The molecule has 1 atom stereocenters. The highest BCUT2D eigenvalue weighted by atomic mass is 32.2. The second-order valence-corrected chi connectivity index (χ2v) is 5.70. The molecular weight excluding hydrogens is 284 g/mol. The molecule has 0 aliphatic carbocycles. The van der Waals surface area contributed by atoms with Crippen LogP contribution in [0.3, 0.4) is 0 Å². The molecule has 0 heterocycles. The molecule has 0 saturated carbocycles. The van der Waals surface area contributed by atoms with Gasteiger partial charge in [-0.1, -0.05) is 0 Å². The Morgan fingerprint density at radius 1 is 1.30 bits per heavy atom. The fraction of sp³-hybridized carbons (Fsp3) is 0.333. The maximum Gasteiger partial charge on any atom is 0.338 e. The molecular formula is C12H16N2O5S. The Balaban J connectivity index is 2.92. The number of sulfonamides is 1. The van der Waals surface area contributed by atoms with E-state index >= 15 is 0 Å². The van der Waals surface area contributed by atoms with E-state index in [4.69, 9.17) is 10.5 Å². The maximum atomic E-state index is 11.9. The van der Waals surface area contributed by atoms with Gasteiger partial charge in [0.05, 0.1) is 23.1 Å². The molecule has 0 unspecified atom stereocenters. The van der Waals surface area contributed by atoms with Gasteiger partial charge in [-0.2, -0.15) is 4.72 Å². The summed E-state index contributed by atoms with van der Waals surface area (Å²) < 4.78 is 30.7. The minimum absolute atomic E-state index is 0.0707. The highest BCUT2D eigenvalue weighted by Crippen LogP contribution is 2.12. The number of rotatable bonds is 6. The van der Waals surface area contributed by atoms with E-state index in [2.05, 4.69) is 4.72 Å². The second kappa shape index (κ2) is 6.49. The van der Waals surface area contributed by atoms with Crippen LogP contribution in [-0.2, 0) is 19.6 Å². The lowest BCUT2D eigenvalue weighted by molar-refractivity contribution is -0.119. The zero-order valence-corrected chi connectivity index (χ0v) is 11.9. The van der Waals surface area contributed by atoms with Gasteiger partial charge in [0.15, 0.2) is 0 Å². The Bertz CT molecular complexity index is 595. The number of carbonyl (C=O) groups is 2. The average molecular weight is 300 g/mol. The number of primary amides is 1. The van der Waals surface area contributed by atoms with Gasteiger partial charge in [0, 0.05) is 0 Å². The Morgan fingerprint density at radius 2 is 1.85 bits per heavy atom. The number of nitrogens with two attached hydrogens (primary N) is 1. The summed E-state index contributed by atoms with van der Waals surface area (Å²) in [7, 11) is -3.86. The molecule has 1 aromatic carbocycles. The quantitative estimate of drug-likeness (QED) is 0.718. The molecule has 0 saturated heterocycles. The lowest BCUT2D eigenvalue weighted by atomic mass is 10.2. The third-order valence-corrected chi connectivity index (χ3v) is 3.99. The van der Waals surface area contributed by atoms with E-state index in [9.17, 15) is 18.0 Å². The standard InChI is InChI=1S/C12H16N2O5S/c1-3-19-12(16)9-4-6-10(7-5-9)20(17,18)14-8(2)11(13)15/h4-8,14H,3H2,1-2H3,(H2,13,15)/t8-/m0/s1. The van der Waals surface area contributed by atoms with Gasteiger partial charge in [0.1, 0.15) is 0 Å². The van der Waals surface area contributed by atoms with Crippen LogP contribution in [0.4, 0.5) is 0 Å². The predicted octanol–water partition coefficient (Wildman–Crippen LogP) is 0.0154. The van der Waals surface area contributed by atoms with Gasteiger partial charge in [-0.3, -0.25) is 4.79 Å². The summed E-state index contributed by atoms with van der Waals surface area (Å²) in [6, 6.07) is 4.15. The Labute approximate surface area is 117 Å². The predicted molar refractivity (Wildman–Crippen MR) is 71.4 cm³/mol. The number of amides is 1. The first-order valence-corrected chi connectivity index (χ1v) is 7.35. The Hall–Kier alpha value is -1.93. The van der Waals surface area contributed by atoms with Crippen LogP contribution in [0.5, 0.6) is 0 Å². The summed E-state index contributed by atoms with van der Waals surface area (Å²) in [6.07, 6.45) is 0. The van der Waals surface area contributed by atoms with Crippen molar-refractivity contribution in [2.24, 2.45) is 5.73 Å². The van der Waals surface area contributed by atoms with Crippen molar-refractivity contribution in [3.05, 3.63) is 29.8 Å². The first-order chi connectivity index (χ1) is 9.27. The number of hydrogen-bond acceptors (Lipinski definition) is 5. The fourth-order valence-electron chi connectivity index (χ4n) is 1.34. The zero-order valence-electron chi connectivity index (χ0n) is 11.1. The first kappa shape index (κ1) is 16.1. The van der Waals surface area contributed by atoms with Gasteiger partial charge >= 0.3 is 5.97 Å². The zero-order chi connectivity index (χ0) is 15.3. The van der Waals surface area contributed by atoms with Gasteiger partial charge in [0.25, 0.3) is 0 Å². The van der Waals surface area contributed by atoms with Crippen molar-refractivity contribution in [1.29, 1.82) is 0 Å². The maximum absolute atomic E-state index is 11.9. The van der Waals surface area contributed by atoms with Crippen molar-refractivity contribution in [3.8, 4) is 0 Å². The molecule has 110 valence electrons. The Morgan fingerprint density at radius 3 is 2.30 bits per heavy atom. The second-order valence-electron chi connectivity index (χ2n) is 3.99. The van der Waals surface area contributed by atoms with E-state index < -0.39 is 27.9 Å². The van der Waals surface area contributed by atoms with Crippen molar-refractivity contribution < 1.29 is 22.7 Å². The molecule has 3 N–H and O–H groups in total. The molecule has 0 aliphatic rings. The third kappa shape index (κ3) is 4.04. The van der Waals surface area contributed by atoms with E-state index in [0.717, 1.165) is 0 Å². The van der Waals surface area contributed by atoms with Gasteiger partial charge in [-0.05, 0) is 38.1 Å². The van der Waals surface area contributed by atoms with E-state index in [1.165, 1.54) is 31.2 Å². The van der Waals surface area contributed by atoms with Crippen LogP contribution < -0.4 is 10.5 Å². The molecule has 0 aromatic heterocycles. The summed E-state index contributed by atoms with van der Waals surface area (Å²) in [5, 5.41) is 0. The van der Waals surface area contributed by atoms with Crippen molar-refractivity contribution >= 4 is 21.9 Å². The highest BCUT2D eigenvalue weighted by Gasteiger charge is 2.20. The number of esters is 1. The van der Waals surface area contributed by atoms with Gasteiger partial charge in [-0.25, -0.2) is 13.2 Å². The minimum atomic E-state index is -3.86. The van der Waals surface area contributed by atoms with Crippen molar-refractivity contribution in [2.45, 2.75) is 24.8 Å². The summed E-state index contributed by atoms with van der Waals surface area (Å²) in [5.74, 6) is -1.31. The molecule has 0 spiro atoms. The summed E-state index contributed by atoms with van der Waals surface area (Å²) in [6.45, 7) is 3.25. The number of hydrogen-bond donors (Lipinski definition) is 2. The molecule has 20 heavy (non-hydrogen) atoms. The molecule has 1 amide bonds.